The number of nitrogens with zero attached hydrogens (tertiary/aromatic N) is 2. The van der Waals surface area contributed by atoms with E-state index in [9.17, 15) is 0 Å². The minimum absolute atomic E-state index is 0. The van der Waals surface area contributed by atoms with Crippen LogP contribution in [0.15, 0.2) is 21.6 Å². The monoisotopic (exact) mass is 497 g/mol. The van der Waals surface area contributed by atoms with E-state index in [1.807, 2.05) is 12.1 Å². The smallest absolute Gasteiger partial charge is 0.191 e. The van der Waals surface area contributed by atoms with Crippen LogP contribution in [0.2, 0.25) is 0 Å². The first-order valence-corrected chi connectivity index (χ1v) is 8.29. The molecule has 1 fully saturated rings. The number of guanidine groups is 1. The fourth-order valence-corrected chi connectivity index (χ4v) is 3.38. The van der Waals surface area contributed by atoms with Crippen LogP contribution in [0.3, 0.4) is 0 Å². The molecule has 5 nitrogen and oxygen atoms in total. The van der Waals surface area contributed by atoms with Crippen molar-refractivity contribution in [2.45, 2.75) is 26.3 Å². The summed E-state index contributed by atoms with van der Waals surface area (Å²) in [5.41, 5.74) is 7.16. The number of halogens is 2. The van der Waals surface area contributed by atoms with E-state index in [-0.39, 0.29) is 24.0 Å². The molecule has 0 aromatic heterocycles. The van der Waals surface area contributed by atoms with Gasteiger partial charge in [0.1, 0.15) is 0 Å². The molecule has 1 aromatic carbocycles. The summed E-state index contributed by atoms with van der Waals surface area (Å²) in [4.78, 5) is 6.70. The SMILES string of the molecule is COc1cc(CN=C(N)N2CCCC(C)C2)cc(Br)c1OC.I. The Morgan fingerprint density at radius 3 is 2.74 bits per heavy atom. The largest absolute Gasteiger partial charge is 0.493 e. The first-order chi connectivity index (χ1) is 10.5. The first kappa shape index (κ1) is 20.3. The molecule has 1 aliphatic rings. The van der Waals surface area contributed by atoms with E-state index < -0.39 is 0 Å². The topological polar surface area (TPSA) is 60.1 Å². The van der Waals surface area contributed by atoms with E-state index in [1.54, 1.807) is 14.2 Å². The van der Waals surface area contributed by atoms with Crippen LogP contribution in [0.5, 0.6) is 11.5 Å². The molecule has 2 rings (SSSR count). The van der Waals surface area contributed by atoms with Crippen molar-refractivity contribution in [2.75, 3.05) is 27.3 Å². The van der Waals surface area contributed by atoms with Gasteiger partial charge in [0.25, 0.3) is 0 Å². The number of rotatable bonds is 4. The van der Waals surface area contributed by atoms with Gasteiger partial charge in [-0.3, -0.25) is 0 Å². The molecule has 23 heavy (non-hydrogen) atoms. The van der Waals surface area contributed by atoms with Gasteiger partial charge < -0.3 is 20.1 Å². The Morgan fingerprint density at radius 1 is 1.39 bits per heavy atom. The maximum atomic E-state index is 6.13. The molecule has 7 heteroatoms. The molecule has 1 unspecified atom stereocenters. The summed E-state index contributed by atoms with van der Waals surface area (Å²) in [6.07, 6.45) is 2.45. The van der Waals surface area contributed by atoms with Crippen LogP contribution >= 0.6 is 39.9 Å². The predicted molar refractivity (Wildman–Crippen MR) is 108 cm³/mol. The molecule has 0 saturated carbocycles. The molecule has 1 atom stereocenters. The Hall–Kier alpha value is -0.700. The Balaban J connectivity index is 0.00000264. The maximum Gasteiger partial charge on any atom is 0.191 e. The normalized spacial score (nSPS) is 18.3. The third kappa shape index (κ3) is 5.41. The molecule has 1 heterocycles. The van der Waals surface area contributed by atoms with Crippen molar-refractivity contribution in [3.63, 3.8) is 0 Å². The second kappa shape index (κ2) is 9.56. The number of methoxy groups -OCH3 is 2. The molecule has 0 radical (unpaired) electrons. The van der Waals surface area contributed by atoms with Crippen molar-refractivity contribution in [3.8, 4) is 11.5 Å². The van der Waals surface area contributed by atoms with E-state index in [0.29, 0.717) is 29.9 Å². The third-order valence-corrected chi connectivity index (χ3v) is 4.49. The highest BCUT2D eigenvalue weighted by molar-refractivity contribution is 14.0. The lowest BCUT2D eigenvalue weighted by Gasteiger charge is -2.31. The number of hydrogen-bond acceptors (Lipinski definition) is 3. The summed E-state index contributed by atoms with van der Waals surface area (Å²) < 4.78 is 11.5. The van der Waals surface area contributed by atoms with Gasteiger partial charge in [-0.15, -0.1) is 24.0 Å². The van der Waals surface area contributed by atoms with E-state index >= 15 is 0 Å². The highest BCUT2D eigenvalue weighted by Crippen LogP contribution is 2.36. The lowest BCUT2D eigenvalue weighted by atomic mass is 10.0. The van der Waals surface area contributed by atoms with Crippen LogP contribution in [0.25, 0.3) is 0 Å². The van der Waals surface area contributed by atoms with Crippen molar-refractivity contribution >= 4 is 45.9 Å². The Labute approximate surface area is 163 Å². The van der Waals surface area contributed by atoms with Crippen molar-refractivity contribution in [3.05, 3.63) is 22.2 Å². The van der Waals surface area contributed by atoms with Crippen LogP contribution in [-0.4, -0.2) is 38.2 Å². The molecular formula is C16H25BrIN3O2. The number of likely N-dealkylation sites (tertiary alicyclic amines) is 1. The molecule has 1 aromatic rings. The quantitative estimate of drug-likeness (QED) is 0.392. The van der Waals surface area contributed by atoms with Gasteiger partial charge >= 0.3 is 0 Å². The summed E-state index contributed by atoms with van der Waals surface area (Å²) in [5.74, 6) is 2.68. The van der Waals surface area contributed by atoms with Crippen LogP contribution < -0.4 is 15.2 Å². The van der Waals surface area contributed by atoms with Crippen LogP contribution in [-0.2, 0) is 6.54 Å². The zero-order chi connectivity index (χ0) is 16.1. The number of ether oxygens (including phenoxy) is 2. The summed E-state index contributed by atoms with van der Waals surface area (Å²) in [6.45, 7) is 4.76. The van der Waals surface area contributed by atoms with Gasteiger partial charge in [0.05, 0.1) is 25.2 Å². The lowest BCUT2D eigenvalue weighted by molar-refractivity contribution is 0.270. The van der Waals surface area contributed by atoms with Crippen molar-refractivity contribution in [1.82, 2.24) is 4.90 Å². The van der Waals surface area contributed by atoms with E-state index in [2.05, 4.69) is 32.7 Å². The van der Waals surface area contributed by atoms with Gasteiger partial charge in [-0.05, 0) is 52.4 Å². The number of hydrogen-bond donors (Lipinski definition) is 1. The minimum atomic E-state index is 0. The number of benzene rings is 1. The molecule has 0 amide bonds. The van der Waals surface area contributed by atoms with Gasteiger partial charge in [0, 0.05) is 13.1 Å². The summed E-state index contributed by atoms with van der Waals surface area (Å²) in [5, 5.41) is 0. The number of aliphatic imine (C=N–C) groups is 1. The molecule has 2 N–H and O–H groups in total. The number of nitrogens with two attached hydrogens (primary N) is 1. The van der Waals surface area contributed by atoms with Gasteiger partial charge in [0.15, 0.2) is 17.5 Å². The van der Waals surface area contributed by atoms with Crippen molar-refractivity contribution in [1.29, 1.82) is 0 Å². The van der Waals surface area contributed by atoms with Gasteiger partial charge in [-0.25, -0.2) is 4.99 Å². The highest BCUT2D eigenvalue weighted by atomic mass is 127. The fourth-order valence-electron chi connectivity index (χ4n) is 2.73. The molecule has 1 aliphatic heterocycles. The molecule has 0 aliphatic carbocycles. The zero-order valence-electron chi connectivity index (χ0n) is 13.8. The van der Waals surface area contributed by atoms with Crippen LogP contribution in [0, 0.1) is 5.92 Å². The zero-order valence-corrected chi connectivity index (χ0v) is 17.8. The van der Waals surface area contributed by atoms with E-state index in [4.69, 9.17) is 15.2 Å². The second-order valence-corrected chi connectivity index (χ2v) is 6.54. The maximum absolute atomic E-state index is 6.13. The van der Waals surface area contributed by atoms with Crippen LogP contribution in [0.4, 0.5) is 0 Å². The summed E-state index contributed by atoms with van der Waals surface area (Å²) in [6, 6.07) is 3.91. The molecule has 0 spiro atoms. The average Bonchev–Trinajstić information content (AvgIpc) is 2.51. The van der Waals surface area contributed by atoms with E-state index in [0.717, 1.165) is 23.1 Å². The molecule has 0 bridgehead atoms. The van der Waals surface area contributed by atoms with Gasteiger partial charge in [-0.2, -0.15) is 0 Å². The standard InChI is InChI=1S/C16H24BrN3O2.HI/c1-11-5-4-6-20(10-11)16(18)19-9-12-7-13(17)15(22-3)14(8-12)21-2;/h7-8,11H,4-6,9-10H2,1-3H3,(H2,18,19);1H. The first-order valence-electron chi connectivity index (χ1n) is 7.50. The highest BCUT2D eigenvalue weighted by Gasteiger charge is 2.17. The molecule has 1 saturated heterocycles. The third-order valence-electron chi connectivity index (χ3n) is 3.90. The Morgan fingerprint density at radius 2 is 2.13 bits per heavy atom. The Bertz CT molecular complexity index is 554. The molecular weight excluding hydrogens is 473 g/mol. The lowest BCUT2D eigenvalue weighted by Crippen LogP contribution is -2.43. The van der Waals surface area contributed by atoms with Gasteiger partial charge in [-0.1, -0.05) is 6.92 Å². The Kier molecular flexibility index (Phi) is 8.46. The van der Waals surface area contributed by atoms with E-state index in [1.165, 1.54) is 12.8 Å². The number of piperidine rings is 1. The van der Waals surface area contributed by atoms with Crippen LogP contribution in [0.1, 0.15) is 25.3 Å². The predicted octanol–water partition coefficient (Wildman–Crippen LogP) is 3.63. The van der Waals surface area contributed by atoms with Crippen molar-refractivity contribution in [2.24, 2.45) is 16.6 Å². The second-order valence-electron chi connectivity index (χ2n) is 5.68. The average molecular weight is 498 g/mol. The van der Waals surface area contributed by atoms with Crippen molar-refractivity contribution < 1.29 is 9.47 Å². The summed E-state index contributed by atoms with van der Waals surface area (Å²) in [7, 11) is 3.25. The summed E-state index contributed by atoms with van der Waals surface area (Å²) >= 11 is 3.50. The van der Waals surface area contributed by atoms with Gasteiger partial charge in [0.2, 0.25) is 0 Å². The minimum Gasteiger partial charge on any atom is -0.493 e. The fraction of sp³-hybridized carbons (Fsp3) is 0.562. The molecule has 130 valence electrons.